The number of aromatic amines is 2. The molecule has 0 radical (unpaired) electrons. The second-order valence-electron chi connectivity index (χ2n) is 6.65. The van der Waals surface area contributed by atoms with Gasteiger partial charge in [0.1, 0.15) is 17.5 Å². The predicted molar refractivity (Wildman–Crippen MR) is 105 cm³/mol. The minimum atomic E-state index is -0.768. The molecule has 0 saturated heterocycles. The summed E-state index contributed by atoms with van der Waals surface area (Å²) in [5.74, 6) is 1.55. The summed E-state index contributed by atoms with van der Waals surface area (Å²) in [5, 5.41) is 13.9. The summed E-state index contributed by atoms with van der Waals surface area (Å²) >= 11 is 6.42. The number of anilines is 3. The molecule has 0 spiro atoms. The van der Waals surface area contributed by atoms with Gasteiger partial charge in [-0.25, -0.2) is 14.4 Å². The first-order valence-corrected chi connectivity index (χ1v) is 9.19. The number of rotatable bonds is 6. The van der Waals surface area contributed by atoms with Crippen LogP contribution in [0.4, 0.5) is 22.0 Å². The van der Waals surface area contributed by atoms with E-state index in [0.717, 1.165) is 22.3 Å². The van der Waals surface area contributed by atoms with Crippen molar-refractivity contribution >= 4 is 40.2 Å². The van der Waals surface area contributed by atoms with Gasteiger partial charge in [0.05, 0.1) is 16.9 Å². The molecule has 0 amide bonds. The molecule has 4 N–H and O–H groups in total. The monoisotopic (exact) mass is 398 g/mol. The molecule has 3 aromatic heterocycles. The molecule has 4 aromatic rings. The van der Waals surface area contributed by atoms with Crippen molar-refractivity contribution in [3.63, 3.8) is 0 Å². The van der Waals surface area contributed by atoms with Crippen molar-refractivity contribution in [3.8, 4) is 0 Å². The molecule has 1 saturated carbocycles. The second-order valence-corrected chi connectivity index (χ2v) is 7.03. The van der Waals surface area contributed by atoms with Crippen LogP contribution in [0.3, 0.4) is 0 Å². The zero-order chi connectivity index (χ0) is 19.1. The number of aromatic nitrogens is 6. The van der Waals surface area contributed by atoms with Crippen LogP contribution in [0.1, 0.15) is 23.6 Å². The van der Waals surface area contributed by atoms with E-state index in [1.165, 1.54) is 0 Å². The minimum absolute atomic E-state index is 0.0673. The quantitative estimate of drug-likeness (QED) is 0.392. The molecule has 28 heavy (non-hydrogen) atoms. The topological polar surface area (TPSA) is 107 Å². The summed E-state index contributed by atoms with van der Waals surface area (Å²) in [6.07, 6.45) is 3.04. The van der Waals surface area contributed by atoms with Crippen LogP contribution in [0.15, 0.2) is 36.8 Å². The zero-order valence-electron chi connectivity index (χ0n) is 14.6. The molecule has 0 aliphatic heterocycles. The highest BCUT2D eigenvalue weighted by molar-refractivity contribution is 6.35. The molecule has 10 heteroatoms. The zero-order valence-corrected chi connectivity index (χ0v) is 15.3. The molecule has 1 aliphatic rings. The van der Waals surface area contributed by atoms with Gasteiger partial charge in [0.2, 0.25) is 5.95 Å². The van der Waals surface area contributed by atoms with Crippen molar-refractivity contribution < 1.29 is 4.39 Å². The predicted octanol–water partition coefficient (Wildman–Crippen LogP) is 3.91. The van der Waals surface area contributed by atoms with E-state index in [4.69, 9.17) is 11.6 Å². The van der Waals surface area contributed by atoms with Gasteiger partial charge in [-0.15, -0.1) is 0 Å². The van der Waals surface area contributed by atoms with Gasteiger partial charge in [-0.05, 0) is 24.1 Å². The maximum Gasteiger partial charge on any atom is 0.224 e. The third kappa shape index (κ3) is 3.24. The first-order valence-electron chi connectivity index (χ1n) is 8.81. The lowest BCUT2D eigenvalue weighted by atomic mass is 10.2. The number of nitrogens with one attached hydrogen (secondary N) is 4. The molecular formula is C18H16ClFN8. The molecule has 2 unspecified atom stereocenters. The summed E-state index contributed by atoms with van der Waals surface area (Å²) in [6.45, 7) is 0.456. The maximum absolute atomic E-state index is 13.2. The maximum atomic E-state index is 13.2. The summed E-state index contributed by atoms with van der Waals surface area (Å²) in [4.78, 5) is 15.9. The lowest BCUT2D eigenvalue weighted by Gasteiger charge is -2.08. The third-order valence-corrected chi connectivity index (χ3v) is 5.09. The molecule has 1 aliphatic carbocycles. The van der Waals surface area contributed by atoms with E-state index < -0.39 is 6.17 Å². The molecule has 0 bridgehead atoms. The van der Waals surface area contributed by atoms with Crippen molar-refractivity contribution in [1.82, 2.24) is 30.1 Å². The summed E-state index contributed by atoms with van der Waals surface area (Å²) in [6, 6.07) is 7.40. The van der Waals surface area contributed by atoms with Gasteiger partial charge in [-0.3, -0.25) is 5.10 Å². The van der Waals surface area contributed by atoms with Crippen LogP contribution in [0.25, 0.3) is 11.0 Å². The van der Waals surface area contributed by atoms with Crippen molar-refractivity contribution in [2.24, 2.45) is 0 Å². The lowest BCUT2D eigenvalue weighted by Crippen LogP contribution is -2.05. The smallest absolute Gasteiger partial charge is 0.224 e. The van der Waals surface area contributed by atoms with E-state index in [1.807, 2.05) is 12.1 Å². The first kappa shape index (κ1) is 16.9. The lowest BCUT2D eigenvalue weighted by molar-refractivity contribution is 0.466. The first-order chi connectivity index (χ1) is 13.7. The fourth-order valence-electron chi connectivity index (χ4n) is 3.05. The summed E-state index contributed by atoms with van der Waals surface area (Å²) in [7, 11) is 0. The van der Waals surface area contributed by atoms with Crippen molar-refractivity contribution in [2.75, 3.05) is 10.6 Å². The number of alkyl halides is 1. The van der Waals surface area contributed by atoms with Gasteiger partial charge in [0.15, 0.2) is 5.82 Å². The average Bonchev–Trinajstić information content (AvgIpc) is 3.10. The molecule has 1 fully saturated rings. The standard InChI is InChI=1S/C18H16ClFN8/c19-16-9(1-2-12-17(16)24-8-23-12)7-22-18-21-4-3-14(26-18)25-15-6-13(27-28-15)10-5-11(10)20/h1-4,6,8,10-11H,5,7H2,(H,23,24)(H3,21,22,25,26,27,28). The van der Waals surface area contributed by atoms with Crippen LogP contribution in [-0.2, 0) is 6.54 Å². The van der Waals surface area contributed by atoms with Crippen LogP contribution in [0.2, 0.25) is 5.02 Å². The highest BCUT2D eigenvalue weighted by atomic mass is 35.5. The highest BCUT2D eigenvalue weighted by Crippen LogP contribution is 2.43. The Bertz CT molecular complexity index is 1140. The molecule has 5 rings (SSSR count). The molecule has 3 heterocycles. The van der Waals surface area contributed by atoms with E-state index in [0.29, 0.717) is 35.6 Å². The molecular weight excluding hydrogens is 383 g/mol. The summed E-state index contributed by atoms with van der Waals surface area (Å²) in [5.41, 5.74) is 3.31. The molecule has 2 atom stereocenters. The number of hydrogen-bond donors (Lipinski definition) is 4. The molecule has 8 nitrogen and oxygen atoms in total. The van der Waals surface area contributed by atoms with Crippen LogP contribution in [-0.4, -0.2) is 36.3 Å². The largest absolute Gasteiger partial charge is 0.350 e. The van der Waals surface area contributed by atoms with Gasteiger partial charge < -0.3 is 15.6 Å². The fourth-order valence-corrected chi connectivity index (χ4v) is 3.33. The number of fused-ring (bicyclic) bond motifs is 1. The number of nitrogens with zero attached hydrogens (tertiary/aromatic N) is 4. The Hall–Kier alpha value is -3.20. The molecule has 142 valence electrons. The Morgan fingerprint density at radius 3 is 2.96 bits per heavy atom. The van der Waals surface area contributed by atoms with Crippen LogP contribution < -0.4 is 10.6 Å². The Morgan fingerprint density at radius 2 is 2.11 bits per heavy atom. The molecule has 1 aromatic carbocycles. The van der Waals surface area contributed by atoms with Crippen molar-refractivity contribution in [2.45, 2.75) is 25.1 Å². The van der Waals surface area contributed by atoms with Crippen LogP contribution >= 0.6 is 11.6 Å². The van der Waals surface area contributed by atoms with E-state index >= 15 is 0 Å². The van der Waals surface area contributed by atoms with Gasteiger partial charge in [-0.2, -0.15) is 10.1 Å². The van der Waals surface area contributed by atoms with E-state index in [1.54, 1.807) is 24.7 Å². The number of benzene rings is 1. The van der Waals surface area contributed by atoms with Gasteiger partial charge in [0.25, 0.3) is 0 Å². The minimum Gasteiger partial charge on any atom is -0.350 e. The summed E-state index contributed by atoms with van der Waals surface area (Å²) < 4.78 is 13.2. The number of hydrogen-bond acceptors (Lipinski definition) is 6. The van der Waals surface area contributed by atoms with Gasteiger partial charge in [-0.1, -0.05) is 17.7 Å². The second kappa shape index (κ2) is 6.75. The average molecular weight is 399 g/mol. The third-order valence-electron chi connectivity index (χ3n) is 4.67. The van der Waals surface area contributed by atoms with Crippen LogP contribution in [0.5, 0.6) is 0 Å². The number of H-pyrrole nitrogens is 2. The van der Waals surface area contributed by atoms with Crippen LogP contribution in [0, 0.1) is 0 Å². The SMILES string of the molecule is FC1CC1c1cc(Nc2ccnc(NCc3ccc4[nH]cnc4c3Cl)n2)n[nH]1. The van der Waals surface area contributed by atoms with Crippen molar-refractivity contribution in [3.05, 3.63) is 53.1 Å². The normalized spacial score (nSPS) is 18.4. The Balaban J connectivity index is 1.27. The number of halogens is 2. The Morgan fingerprint density at radius 1 is 1.21 bits per heavy atom. The van der Waals surface area contributed by atoms with Crippen molar-refractivity contribution in [1.29, 1.82) is 0 Å². The Labute approximate surface area is 164 Å². The Kier molecular flexibility index (Phi) is 4.09. The van der Waals surface area contributed by atoms with E-state index in [-0.39, 0.29) is 5.92 Å². The van der Waals surface area contributed by atoms with Gasteiger partial charge in [0, 0.05) is 30.4 Å². The van der Waals surface area contributed by atoms with Gasteiger partial charge >= 0.3 is 0 Å². The van der Waals surface area contributed by atoms with E-state index in [9.17, 15) is 4.39 Å². The van der Waals surface area contributed by atoms with E-state index in [2.05, 4.69) is 40.8 Å². The number of imidazole rings is 1. The highest BCUT2D eigenvalue weighted by Gasteiger charge is 2.40. The fraction of sp³-hybridized carbons (Fsp3) is 0.222.